The summed E-state index contributed by atoms with van der Waals surface area (Å²) in [6, 6.07) is 4.87. The highest BCUT2D eigenvalue weighted by molar-refractivity contribution is 6.69. The Bertz CT molecular complexity index is 592. The smallest absolute Gasteiger partial charge is 0.416 e. The summed E-state index contributed by atoms with van der Waals surface area (Å²) in [4.78, 5) is 12.0. The summed E-state index contributed by atoms with van der Waals surface area (Å²) in [7, 11) is -0.730. The lowest BCUT2D eigenvalue weighted by molar-refractivity contribution is -0.144. The molecule has 0 bridgehead atoms. The van der Waals surface area contributed by atoms with E-state index in [-0.39, 0.29) is 5.92 Å². The highest BCUT2D eigenvalue weighted by atomic mass is 28.4. The van der Waals surface area contributed by atoms with Gasteiger partial charge in [0.1, 0.15) is 0 Å². The van der Waals surface area contributed by atoms with Crippen LogP contribution in [-0.2, 0) is 25.7 Å². The average Bonchev–Trinajstić information content (AvgIpc) is 3.00. The van der Waals surface area contributed by atoms with Gasteiger partial charge < -0.3 is 9.16 Å². The van der Waals surface area contributed by atoms with Gasteiger partial charge in [0.25, 0.3) is 0 Å². The van der Waals surface area contributed by atoms with Crippen LogP contribution >= 0.6 is 0 Å². The van der Waals surface area contributed by atoms with Crippen LogP contribution in [0.25, 0.3) is 0 Å². The minimum Gasteiger partial charge on any atom is -0.469 e. The van der Waals surface area contributed by atoms with Gasteiger partial charge in [0.15, 0.2) is 8.32 Å². The molecular weight excluding hydrogens is 325 g/mol. The number of hydrogen-bond acceptors (Lipinski definition) is 3. The van der Waals surface area contributed by atoms with E-state index in [0.717, 1.165) is 12.1 Å². The molecule has 0 heterocycles. The minimum atomic E-state index is -4.39. The first-order valence-corrected chi connectivity index (χ1v) is 10.8. The zero-order valence-electron chi connectivity index (χ0n) is 13.8. The number of ether oxygens (including phenoxy) is 1. The lowest BCUT2D eigenvalue weighted by atomic mass is 10.0. The van der Waals surface area contributed by atoms with E-state index in [4.69, 9.17) is 9.16 Å². The lowest BCUT2D eigenvalue weighted by Crippen LogP contribution is -2.35. The summed E-state index contributed by atoms with van der Waals surface area (Å²) in [5, 5.41) is 0. The van der Waals surface area contributed by atoms with Crippen molar-refractivity contribution >= 4 is 14.3 Å². The molecule has 0 aliphatic heterocycles. The Hall–Kier alpha value is -1.34. The summed E-state index contributed by atoms with van der Waals surface area (Å²) in [5.41, 5.74) is -1.01. The van der Waals surface area contributed by atoms with Crippen molar-refractivity contribution in [3.63, 3.8) is 0 Å². The third kappa shape index (κ3) is 3.30. The van der Waals surface area contributed by atoms with Gasteiger partial charge in [-0.3, -0.25) is 4.79 Å². The molecule has 1 aromatic rings. The van der Waals surface area contributed by atoms with Gasteiger partial charge in [0, 0.05) is 5.92 Å². The van der Waals surface area contributed by atoms with Crippen LogP contribution in [0.1, 0.15) is 18.1 Å². The number of alkyl halides is 3. The number of carbonyl (C=O) groups excluding carboxylic acids is 1. The van der Waals surface area contributed by atoms with E-state index in [9.17, 15) is 18.0 Å². The molecular formula is C16H21F3O3Si. The first-order chi connectivity index (χ1) is 10.4. The summed E-state index contributed by atoms with van der Waals surface area (Å²) < 4.78 is 49.3. The van der Waals surface area contributed by atoms with E-state index >= 15 is 0 Å². The van der Waals surface area contributed by atoms with Crippen molar-refractivity contribution in [1.29, 1.82) is 0 Å². The van der Waals surface area contributed by atoms with Crippen molar-refractivity contribution in [3.05, 3.63) is 35.4 Å². The van der Waals surface area contributed by atoms with Crippen LogP contribution < -0.4 is 0 Å². The number of hydrogen-bond donors (Lipinski definition) is 0. The maximum Gasteiger partial charge on any atom is 0.416 e. The molecule has 0 aromatic heterocycles. The zero-order valence-corrected chi connectivity index (χ0v) is 14.8. The van der Waals surface area contributed by atoms with Crippen LogP contribution in [0.4, 0.5) is 13.2 Å². The molecule has 3 atom stereocenters. The van der Waals surface area contributed by atoms with Crippen LogP contribution in [0.15, 0.2) is 24.3 Å². The van der Waals surface area contributed by atoms with E-state index in [2.05, 4.69) is 0 Å². The fourth-order valence-corrected chi connectivity index (χ4v) is 4.56. The topological polar surface area (TPSA) is 35.5 Å². The molecule has 1 saturated carbocycles. The largest absolute Gasteiger partial charge is 0.469 e. The number of halogens is 3. The van der Waals surface area contributed by atoms with Gasteiger partial charge >= 0.3 is 12.1 Å². The molecule has 1 aromatic carbocycles. The third-order valence-electron chi connectivity index (χ3n) is 4.12. The van der Waals surface area contributed by atoms with Crippen molar-refractivity contribution in [2.45, 2.75) is 38.3 Å². The lowest BCUT2D eigenvalue weighted by Gasteiger charge is -2.28. The van der Waals surface area contributed by atoms with E-state index < -0.39 is 37.5 Å². The van der Waals surface area contributed by atoms with Crippen molar-refractivity contribution in [2.75, 3.05) is 7.11 Å². The second kappa shape index (κ2) is 5.63. The quantitative estimate of drug-likeness (QED) is 0.606. The normalized spacial score (nSPS) is 27.7. The second-order valence-corrected chi connectivity index (χ2v) is 11.3. The van der Waals surface area contributed by atoms with Crippen LogP contribution in [0.5, 0.6) is 0 Å². The van der Waals surface area contributed by atoms with Crippen LogP contribution in [0, 0.1) is 11.8 Å². The van der Waals surface area contributed by atoms with Gasteiger partial charge in [-0.05, 0) is 37.3 Å². The first-order valence-electron chi connectivity index (χ1n) is 7.39. The van der Waals surface area contributed by atoms with E-state index in [1.165, 1.54) is 19.2 Å². The maximum atomic E-state index is 12.7. The fraction of sp³-hybridized carbons (Fsp3) is 0.562. The Balaban J connectivity index is 2.42. The number of methoxy groups -OCH3 is 1. The van der Waals surface area contributed by atoms with Crippen molar-refractivity contribution < 1.29 is 27.1 Å². The molecule has 2 rings (SSSR count). The molecule has 1 fully saturated rings. The van der Waals surface area contributed by atoms with Crippen molar-refractivity contribution in [2.24, 2.45) is 11.8 Å². The highest BCUT2D eigenvalue weighted by Gasteiger charge is 2.69. The summed E-state index contributed by atoms with van der Waals surface area (Å²) in [6.07, 6.45) is -4.39. The summed E-state index contributed by atoms with van der Waals surface area (Å²) in [5.74, 6) is -1.02. The summed E-state index contributed by atoms with van der Waals surface area (Å²) in [6.45, 7) is 7.81. The summed E-state index contributed by atoms with van der Waals surface area (Å²) >= 11 is 0. The molecule has 0 amide bonds. The van der Waals surface area contributed by atoms with E-state index in [1.807, 2.05) is 26.6 Å². The number of esters is 1. The van der Waals surface area contributed by atoms with Gasteiger partial charge in [-0.2, -0.15) is 13.2 Å². The molecule has 0 saturated heterocycles. The first kappa shape index (κ1) is 18.0. The molecule has 3 nitrogen and oxygen atoms in total. The fourth-order valence-electron chi connectivity index (χ4n) is 3.12. The average molecular weight is 346 g/mol. The molecule has 23 heavy (non-hydrogen) atoms. The SMILES string of the molecule is COC(=O)C1C(C)C1(O[Si](C)(C)C)c1ccc(C(F)(F)F)cc1. The van der Waals surface area contributed by atoms with Crippen molar-refractivity contribution in [1.82, 2.24) is 0 Å². The monoisotopic (exact) mass is 346 g/mol. The Labute approximate surface area is 134 Å². The van der Waals surface area contributed by atoms with E-state index in [0.29, 0.717) is 5.56 Å². The molecule has 128 valence electrons. The highest BCUT2D eigenvalue weighted by Crippen LogP contribution is 2.62. The van der Waals surface area contributed by atoms with Gasteiger partial charge in [-0.25, -0.2) is 0 Å². The Kier molecular flexibility index (Phi) is 4.41. The van der Waals surface area contributed by atoms with Gasteiger partial charge in [0.05, 0.1) is 24.2 Å². The Morgan fingerprint density at radius 3 is 2.09 bits per heavy atom. The minimum absolute atomic E-state index is 0.140. The van der Waals surface area contributed by atoms with Gasteiger partial charge in [-0.1, -0.05) is 19.1 Å². The van der Waals surface area contributed by atoms with Crippen LogP contribution in [0.2, 0.25) is 19.6 Å². The number of benzene rings is 1. The van der Waals surface area contributed by atoms with E-state index in [1.54, 1.807) is 0 Å². The molecule has 0 N–H and O–H groups in total. The van der Waals surface area contributed by atoms with Crippen LogP contribution in [-0.4, -0.2) is 21.4 Å². The molecule has 1 aliphatic carbocycles. The predicted octanol–water partition coefficient (Wildman–Crippen LogP) is 4.19. The van der Waals surface area contributed by atoms with Crippen molar-refractivity contribution in [3.8, 4) is 0 Å². The number of rotatable bonds is 4. The second-order valence-electron chi connectivity index (χ2n) is 6.87. The predicted molar refractivity (Wildman–Crippen MR) is 82.2 cm³/mol. The zero-order chi connectivity index (χ0) is 17.6. The number of carbonyl (C=O) groups is 1. The van der Waals surface area contributed by atoms with Gasteiger partial charge in [-0.15, -0.1) is 0 Å². The molecule has 7 heteroatoms. The maximum absolute atomic E-state index is 12.7. The van der Waals surface area contributed by atoms with Gasteiger partial charge in [0.2, 0.25) is 0 Å². The third-order valence-corrected chi connectivity index (χ3v) is 5.07. The Morgan fingerprint density at radius 2 is 1.70 bits per heavy atom. The molecule has 0 spiro atoms. The van der Waals surface area contributed by atoms with Crippen LogP contribution in [0.3, 0.4) is 0 Å². The Morgan fingerprint density at radius 1 is 1.17 bits per heavy atom. The molecule has 3 unspecified atom stereocenters. The molecule has 0 radical (unpaired) electrons. The standard InChI is InChI=1S/C16H21F3O3Si/c1-10-13(14(20)21-2)15(10,22-23(3,4)5)11-6-8-12(9-7-11)16(17,18)19/h6-10,13H,1-5H3. The molecule has 1 aliphatic rings.